The van der Waals surface area contributed by atoms with E-state index >= 15 is 0 Å². The van der Waals surface area contributed by atoms with E-state index in [2.05, 4.69) is 0 Å². The number of carboxylic acid groups (broad SMARTS) is 1. The molecule has 106 valence electrons. The highest BCUT2D eigenvalue weighted by Gasteiger charge is 2.27. The van der Waals surface area contributed by atoms with E-state index in [-0.39, 0.29) is 30.3 Å². The fourth-order valence-electron chi connectivity index (χ4n) is 1.29. The fraction of sp³-hybridized carbons (Fsp3) is 0.364. The zero-order chi connectivity index (χ0) is 11.5. The summed E-state index contributed by atoms with van der Waals surface area (Å²) >= 11 is 0. The quantitative estimate of drug-likeness (QED) is 0.749. The van der Waals surface area contributed by atoms with Gasteiger partial charge in [0.05, 0.1) is 0 Å². The smallest absolute Gasteiger partial charge is 0.323 e. The van der Waals surface area contributed by atoms with Crippen molar-refractivity contribution in [3.8, 4) is 0 Å². The lowest BCUT2D eigenvalue weighted by molar-refractivity contribution is -0.142. The van der Waals surface area contributed by atoms with Gasteiger partial charge in [-0.05, 0) is 18.1 Å². The molecule has 0 fully saturated rings. The Kier molecular flexibility index (Phi) is 11.3. The van der Waals surface area contributed by atoms with Gasteiger partial charge in [0.15, 0.2) is 0 Å². The average Bonchev–Trinajstić information content (AvgIpc) is 2.18. The third-order valence-electron chi connectivity index (χ3n) is 2.32. The Morgan fingerprint density at radius 1 is 1.22 bits per heavy atom. The summed E-state index contributed by atoms with van der Waals surface area (Å²) < 4.78 is 0. The van der Waals surface area contributed by atoms with Gasteiger partial charge in [0.2, 0.25) is 0 Å². The molecule has 7 N–H and O–H groups in total. The van der Waals surface area contributed by atoms with Crippen molar-refractivity contribution < 1.29 is 15.4 Å². The van der Waals surface area contributed by atoms with Crippen LogP contribution in [0.25, 0.3) is 0 Å². The lowest BCUT2D eigenvalue weighted by Crippen LogP contribution is -2.46. The minimum absolute atomic E-state index is 0. The Morgan fingerprint density at radius 3 is 1.94 bits per heavy atom. The van der Waals surface area contributed by atoms with Gasteiger partial charge in [-0.3, -0.25) is 4.79 Å². The first-order valence-corrected chi connectivity index (χ1v) is 4.76. The summed E-state index contributed by atoms with van der Waals surface area (Å²) in [5.41, 5.74) is 11.8. The van der Waals surface area contributed by atoms with Crippen LogP contribution in [0.2, 0.25) is 0 Å². The van der Waals surface area contributed by atoms with Gasteiger partial charge >= 0.3 is 5.97 Å². The Morgan fingerprint density at radius 2 is 1.61 bits per heavy atom. The number of carbonyl (C=O) groups is 1. The SMILES string of the molecule is C[C@@](N)(Cc1ccc(CN)cc1)C(=O)O.Cl.Cl.O. The summed E-state index contributed by atoms with van der Waals surface area (Å²) in [5, 5.41) is 8.86. The molecule has 0 aliphatic carbocycles. The van der Waals surface area contributed by atoms with Crippen LogP contribution < -0.4 is 11.5 Å². The fourth-order valence-corrected chi connectivity index (χ4v) is 1.29. The molecule has 5 nitrogen and oxygen atoms in total. The molecule has 0 bridgehead atoms. The number of rotatable bonds is 4. The van der Waals surface area contributed by atoms with Crippen LogP contribution in [0.3, 0.4) is 0 Å². The van der Waals surface area contributed by atoms with E-state index in [9.17, 15) is 4.79 Å². The molecule has 1 rings (SSSR count). The van der Waals surface area contributed by atoms with E-state index in [0.29, 0.717) is 13.0 Å². The topological polar surface area (TPSA) is 121 Å². The van der Waals surface area contributed by atoms with E-state index < -0.39 is 11.5 Å². The lowest BCUT2D eigenvalue weighted by Gasteiger charge is -2.19. The summed E-state index contributed by atoms with van der Waals surface area (Å²) in [7, 11) is 0. The van der Waals surface area contributed by atoms with Crippen LogP contribution in [0.15, 0.2) is 24.3 Å². The first-order valence-electron chi connectivity index (χ1n) is 4.76. The predicted molar refractivity (Wildman–Crippen MR) is 76.4 cm³/mol. The van der Waals surface area contributed by atoms with Crippen molar-refractivity contribution in [1.82, 2.24) is 0 Å². The van der Waals surface area contributed by atoms with Crippen molar-refractivity contribution in [2.45, 2.75) is 25.4 Å². The van der Waals surface area contributed by atoms with Gasteiger partial charge in [-0.1, -0.05) is 24.3 Å². The number of aliphatic carboxylic acids is 1. The lowest BCUT2D eigenvalue weighted by atomic mass is 9.94. The third kappa shape index (κ3) is 6.18. The number of hydrogen-bond acceptors (Lipinski definition) is 3. The molecule has 0 aliphatic heterocycles. The van der Waals surface area contributed by atoms with Crippen LogP contribution in [0.1, 0.15) is 18.1 Å². The Bertz CT molecular complexity index is 356. The predicted octanol–water partition coefficient (Wildman–Crippen LogP) is 0.509. The second kappa shape index (κ2) is 9.13. The summed E-state index contributed by atoms with van der Waals surface area (Å²) in [5.74, 6) is -0.995. The first-order chi connectivity index (χ1) is 6.95. The molecule has 0 radical (unpaired) electrons. The number of hydrogen-bond donors (Lipinski definition) is 3. The molecule has 0 unspecified atom stereocenters. The second-order valence-electron chi connectivity index (χ2n) is 3.92. The summed E-state index contributed by atoms with van der Waals surface area (Å²) in [4.78, 5) is 10.8. The molecule has 7 heteroatoms. The molecular formula is C11H20Cl2N2O3. The van der Waals surface area contributed by atoms with Crippen molar-refractivity contribution in [2.24, 2.45) is 11.5 Å². The molecule has 0 heterocycles. The van der Waals surface area contributed by atoms with Gasteiger partial charge in [0, 0.05) is 13.0 Å². The van der Waals surface area contributed by atoms with Crippen LogP contribution in [-0.4, -0.2) is 22.1 Å². The van der Waals surface area contributed by atoms with Crippen molar-refractivity contribution in [1.29, 1.82) is 0 Å². The molecule has 1 atom stereocenters. The highest BCUT2D eigenvalue weighted by atomic mass is 35.5. The second-order valence-corrected chi connectivity index (χ2v) is 3.92. The molecule has 0 spiro atoms. The van der Waals surface area contributed by atoms with Crippen LogP contribution in [0, 0.1) is 0 Å². The Labute approximate surface area is 119 Å². The summed E-state index contributed by atoms with van der Waals surface area (Å²) in [6.07, 6.45) is 0.313. The van der Waals surface area contributed by atoms with E-state index in [0.717, 1.165) is 11.1 Å². The van der Waals surface area contributed by atoms with Crippen molar-refractivity contribution in [2.75, 3.05) is 0 Å². The molecule has 0 amide bonds. The zero-order valence-corrected chi connectivity index (χ0v) is 11.7. The van der Waals surface area contributed by atoms with Crippen LogP contribution in [0.5, 0.6) is 0 Å². The van der Waals surface area contributed by atoms with Crippen LogP contribution >= 0.6 is 24.8 Å². The van der Waals surface area contributed by atoms with Crippen molar-refractivity contribution in [3.63, 3.8) is 0 Å². The molecule has 0 saturated heterocycles. The van der Waals surface area contributed by atoms with E-state index in [4.69, 9.17) is 16.6 Å². The number of halogens is 2. The maximum atomic E-state index is 10.8. The van der Waals surface area contributed by atoms with Gasteiger partial charge < -0.3 is 22.1 Å². The van der Waals surface area contributed by atoms with E-state index in [1.807, 2.05) is 24.3 Å². The molecule has 0 aliphatic rings. The molecule has 0 saturated carbocycles. The van der Waals surface area contributed by atoms with Gasteiger partial charge in [0.1, 0.15) is 5.54 Å². The number of carboxylic acids is 1. The van der Waals surface area contributed by atoms with Crippen LogP contribution in [-0.2, 0) is 17.8 Å². The zero-order valence-electron chi connectivity index (χ0n) is 10.1. The summed E-state index contributed by atoms with van der Waals surface area (Å²) in [6.45, 7) is 1.99. The maximum absolute atomic E-state index is 10.8. The number of nitrogens with two attached hydrogens (primary N) is 2. The molecule has 18 heavy (non-hydrogen) atoms. The van der Waals surface area contributed by atoms with E-state index in [1.165, 1.54) is 6.92 Å². The standard InChI is InChI=1S/C11H16N2O2.2ClH.H2O/c1-11(13,10(14)15)6-8-2-4-9(7-12)5-3-8;;;/h2-5H,6-7,12-13H2,1H3,(H,14,15);2*1H;1H2/t11-;;;/m1.../s1. The maximum Gasteiger partial charge on any atom is 0.323 e. The minimum atomic E-state index is -1.22. The molecule has 1 aromatic carbocycles. The van der Waals surface area contributed by atoms with Gasteiger partial charge in [-0.15, -0.1) is 24.8 Å². The minimum Gasteiger partial charge on any atom is -0.480 e. The third-order valence-corrected chi connectivity index (χ3v) is 2.32. The Balaban J connectivity index is -0.000000750. The van der Waals surface area contributed by atoms with Gasteiger partial charge in [0.25, 0.3) is 0 Å². The first kappa shape index (κ1) is 22.3. The van der Waals surface area contributed by atoms with Crippen LogP contribution in [0.4, 0.5) is 0 Å². The van der Waals surface area contributed by atoms with Gasteiger partial charge in [-0.2, -0.15) is 0 Å². The monoisotopic (exact) mass is 298 g/mol. The molecule has 1 aromatic rings. The molecule has 0 aromatic heterocycles. The number of benzene rings is 1. The molecular weight excluding hydrogens is 279 g/mol. The summed E-state index contributed by atoms with van der Waals surface area (Å²) in [6, 6.07) is 7.48. The van der Waals surface area contributed by atoms with E-state index in [1.54, 1.807) is 0 Å². The van der Waals surface area contributed by atoms with Crippen molar-refractivity contribution >= 4 is 30.8 Å². The van der Waals surface area contributed by atoms with Gasteiger partial charge in [-0.25, -0.2) is 0 Å². The average molecular weight is 299 g/mol. The Hall–Kier alpha value is -0.850. The largest absolute Gasteiger partial charge is 0.480 e. The highest BCUT2D eigenvalue weighted by molar-refractivity contribution is 5.85. The highest BCUT2D eigenvalue weighted by Crippen LogP contribution is 2.12. The van der Waals surface area contributed by atoms with Crippen molar-refractivity contribution in [3.05, 3.63) is 35.4 Å². The normalized spacial score (nSPS) is 12.2.